The van der Waals surface area contributed by atoms with Gasteiger partial charge >= 0.3 is 11.9 Å². The van der Waals surface area contributed by atoms with Gasteiger partial charge in [0.15, 0.2) is 11.5 Å². The second kappa shape index (κ2) is 5.75. The molecule has 20 heavy (non-hydrogen) atoms. The molecule has 0 heterocycles. The summed E-state index contributed by atoms with van der Waals surface area (Å²) in [5.74, 6) is -2.21. The summed E-state index contributed by atoms with van der Waals surface area (Å²) < 4.78 is 0. The van der Waals surface area contributed by atoms with Gasteiger partial charge in [0.05, 0.1) is 5.56 Å². The maximum atomic E-state index is 11.1. The Hall–Kier alpha value is -3.02. The van der Waals surface area contributed by atoms with Crippen molar-refractivity contribution in [3.05, 3.63) is 59.7 Å². The Morgan fingerprint density at radius 3 is 2.15 bits per heavy atom. The molecule has 0 aliphatic rings. The number of aromatic carboxylic acids is 2. The summed E-state index contributed by atoms with van der Waals surface area (Å²) in [6, 6.07) is 12.0. The van der Waals surface area contributed by atoms with Crippen molar-refractivity contribution in [2.24, 2.45) is 0 Å². The highest BCUT2D eigenvalue weighted by atomic mass is 17.2. The highest BCUT2D eigenvalue weighted by Crippen LogP contribution is 2.22. The zero-order chi connectivity index (χ0) is 14.5. The van der Waals surface area contributed by atoms with Crippen molar-refractivity contribution in [2.45, 2.75) is 0 Å². The first-order valence-electron chi connectivity index (χ1n) is 5.58. The molecule has 0 atom stereocenters. The summed E-state index contributed by atoms with van der Waals surface area (Å²) in [6.07, 6.45) is 0. The van der Waals surface area contributed by atoms with Crippen LogP contribution < -0.4 is 9.78 Å². The largest absolute Gasteiger partial charge is 0.478 e. The summed E-state index contributed by atoms with van der Waals surface area (Å²) in [4.78, 5) is 31.8. The van der Waals surface area contributed by atoms with Crippen LogP contribution in [0.15, 0.2) is 48.5 Å². The molecule has 2 aromatic carbocycles. The molecular formula is C14H10O6. The van der Waals surface area contributed by atoms with Gasteiger partial charge in [-0.2, -0.15) is 0 Å². The van der Waals surface area contributed by atoms with Crippen molar-refractivity contribution < 1.29 is 29.6 Å². The van der Waals surface area contributed by atoms with Crippen LogP contribution in [0.5, 0.6) is 11.5 Å². The molecule has 2 rings (SSSR count). The minimum atomic E-state index is -1.31. The zero-order valence-electron chi connectivity index (χ0n) is 10.1. The molecule has 0 bridgehead atoms. The lowest BCUT2D eigenvalue weighted by atomic mass is 10.1. The van der Waals surface area contributed by atoms with Crippen LogP contribution in [0.4, 0.5) is 0 Å². The quantitative estimate of drug-likeness (QED) is 0.642. The molecule has 0 unspecified atom stereocenters. The Morgan fingerprint density at radius 2 is 1.55 bits per heavy atom. The van der Waals surface area contributed by atoms with Crippen LogP contribution in [0, 0.1) is 0 Å². The molecule has 2 N–H and O–H groups in total. The highest BCUT2D eigenvalue weighted by molar-refractivity contribution is 5.95. The van der Waals surface area contributed by atoms with Crippen molar-refractivity contribution in [2.75, 3.05) is 0 Å². The normalized spacial score (nSPS) is 9.80. The molecule has 0 saturated heterocycles. The number of carboxylic acids is 2. The third kappa shape index (κ3) is 3.05. The van der Waals surface area contributed by atoms with Crippen LogP contribution >= 0.6 is 0 Å². The third-order valence-electron chi connectivity index (χ3n) is 2.43. The first-order chi connectivity index (χ1) is 9.58. The Labute approximate surface area is 113 Å². The predicted octanol–water partition coefficient (Wildman–Crippen LogP) is 2.46. The van der Waals surface area contributed by atoms with E-state index in [1.165, 1.54) is 12.1 Å². The molecule has 0 saturated carbocycles. The number of carboxylic acid groups (broad SMARTS) is 2. The van der Waals surface area contributed by atoms with Crippen LogP contribution in [-0.4, -0.2) is 22.2 Å². The van der Waals surface area contributed by atoms with Gasteiger partial charge in [0, 0.05) is 0 Å². The van der Waals surface area contributed by atoms with E-state index < -0.39 is 11.9 Å². The van der Waals surface area contributed by atoms with Crippen LogP contribution in [0.25, 0.3) is 0 Å². The van der Waals surface area contributed by atoms with Crippen molar-refractivity contribution in [1.82, 2.24) is 0 Å². The lowest BCUT2D eigenvalue weighted by Crippen LogP contribution is -2.08. The fourth-order valence-electron chi connectivity index (χ4n) is 1.47. The SMILES string of the molecule is O=C(O)c1ccc(OOc2ccccc2)c(C(=O)O)c1. The van der Waals surface area contributed by atoms with E-state index in [1.54, 1.807) is 30.3 Å². The molecule has 0 aromatic heterocycles. The van der Waals surface area contributed by atoms with Gasteiger partial charge in [0.25, 0.3) is 0 Å². The molecule has 6 heteroatoms. The molecule has 0 spiro atoms. The third-order valence-corrected chi connectivity index (χ3v) is 2.43. The van der Waals surface area contributed by atoms with Gasteiger partial charge < -0.3 is 10.2 Å². The van der Waals surface area contributed by atoms with Gasteiger partial charge in [-0.05, 0) is 30.3 Å². The van der Waals surface area contributed by atoms with E-state index in [1.807, 2.05) is 0 Å². The highest BCUT2D eigenvalue weighted by Gasteiger charge is 2.16. The van der Waals surface area contributed by atoms with Crippen molar-refractivity contribution in [3.63, 3.8) is 0 Å². The Balaban J connectivity index is 2.23. The summed E-state index contributed by atoms with van der Waals surface area (Å²) in [5, 5.41) is 17.9. The van der Waals surface area contributed by atoms with Crippen LogP contribution in [0.3, 0.4) is 0 Å². The first-order valence-corrected chi connectivity index (χ1v) is 5.58. The summed E-state index contributed by atoms with van der Waals surface area (Å²) in [6.45, 7) is 0. The maximum absolute atomic E-state index is 11.1. The van der Waals surface area contributed by atoms with E-state index in [0.717, 1.165) is 6.07 Å². The Morgan fingerprint density at radius 1 is 0.850 bits per heavy atom. The monoisotopic (exact) mass is 274 g/mol. The van der Waals surface area contributed by atoms with Crippen molar-refractivity contribution >= 4 is 11.9 Å². The van der Waals surface area contributed by atoms with Gasteiger partial charge in [0.1, 0.15) is 5.56 Å². The topological polar surface area (TPSA) is 93.1 Å². The van der Waals surface area contributed by atoms with E-state index >= 15 is 0 Å². The van der Waals surface area contributed by atoms with Crippen molar-refractivity contribution in [1.29, 1.82) is 0 Å². The fraction of sp³-hybridized carbons (Fsp3) is 0. The van der Waals surface area contributed by atoms with Gasteiger partial charge in [0.2, 0.25) is 0 Å². The minimum Gasteiger partial charge on any atom is -0.478 e. The lowest BCUT2D eigenvalue weighted by Gasteiger charge is -2.08. The van der Waals surface area contributed by atoms with E-state index in [0.29, 0.717) is 5.75 Å². The van der Waals surface area contributed by atoms with E-state index in [-0.39, 0.29) is 16.9 Å². The number of hydrogen-bond acceptors (Lipinski definition) is 4. The molecule has 0 radical (unpaired) electrons. The van der Waals surface area contributed by atoms with Crippen LogP contribution in [0.1, 0.15) is 20.7 Å². The van der Waals surface area contributed by atoms with Gasteiger partial charge in [-0.25, -0.2) is 9.59 Å². The average Bonchev–Trinajstić information content (AvgIpc) is 2.45. The lowest BCUT2D eigenvalue weighted by molar-refractivity contribution is -0.101. The van der Waals surface area contributed by atoms with E-state index in [9.17, 15) is 9.59 Å². The molecule has 6 nitrogen and oxygen atoms in total. The van der Waals surface area contributed by atoms with Crippen LogP contribution in [0.2, 0.25) is 0 Å². The van der Waals surface area contributed by atoms with Gasteiger partial charge in [-0.3, -0.25) is 9.78 Å². The first kappa shape index (κ1) is 13.4. The number of rotatable bonds is 5. The van der Waals surface area contributed by atoms with Crippen molar-refractivity contribution in [3.8, 4) is 11.5 Å². The standard InChI is InChI=1S/C14H10O6/c15-13(16)9-6-7-12(11(8-9)14(17)18)20-19-10-4-2-1-3-5-10/h1-8H,(H,15,16)(H,17,18). The van der Waals surface area contributed by atoms with Gasteiger partial charge in [-0.15, -0.1) is 0 Å². The fourth-order valence-corrected chi connectivity index (χ4v) is 1.47. The molecule has 0 amide bonds. The summed E-state index contributed by atoms with van der Waals surface area (Å²) in [5.41, 5.74) is -0.435. The van der Waals surface area contributed by atoms with Gasteiger partial charge in [-0.1, -0.05) is 18.2 Å². The number of para-hydroxylation sites is 1. The van der Waals surface area contributed by atoms with Crippen LogP contribution in [-0.2, 0) is 0 Å². The second-order valence-electron chi connectivity index (χ2n) is 3.80. The molecule has 102 valence electrons. The van der Waals surface area contributed by atoms with E-state index in [4.69, 9.17) is 20.0 Å². The molecule has 2 aromatic rings. The number of carbonyl (C=O) groups is 2. The summed E-state index contributed by atoms with van der Waals surface area (Å²) in [7, 11) is 0. The smallest absolute Gasteiger partial charge is 0.339 e. The Kier molecular flexibility index (Phi) is 3.85. The van der Waals surface area contributed by atoms with E-state index in [2.05, 4.69) is 0 Å². The molecule has 0 aliphatic carbocycles. The summed E-state index contributed by atoms with van der Waals surface area (Å²) >= 11 is 0. The average molecular weight is 274 g/mol. The maximum Gasteiger partial charge on any atom is 0.339 e. The molecule has 0 fully saturated rings. The predicted molar refractivity (Wildman–Crippen MR) is 68.1 cm³/mol. The number of benzene rings is 2. The zero-order valence-corrected chi connectivity index (χ0v) is 10.1. The Bertz CT molecular complexity index is 635. The molecule has 0 aliphatic heterocycles. The minimum absolute atomic E-state index is 0.0775. The number of hydrogen-bond donors (Lipinski definition) is 2. The second-order valence-corrected chi connectivity index (χ2v) is 3.80. The molecular weight excluding hydrogens is 264 g/mol.